The SMILES string of the molecule is O=C(C=Cc1ccccc1OCc1cccnc1)c1ccc2[nH]ncc2c1. The summed E-state index contributed by atoms with van der Waals surface area (Å²) in [4.78, 5) is 16.6. The van der Waals surface area contributed by atoms with Gasteiger partial charge in [0.25, 0.3) is 0 Å². The second kappa shape index (κ2) is 7.66. The number of allylic oxidation sites excluding steroid dienone is 1. The Bertz CT molecular complexity index is 1100. The van der Waals surface area contributed by atoms with Crippen molar-refractivity contribution in [2.24, 2.45) is 0 Å². The van der Waals surface area contributed by atoms with Crippen LogP contribution in [0.2, 0.25) is 0 Å². The molecule has 0 aliphatic heterocycles. The molecule has 0 radical (unpaired) electrons. The number of carbonyl (C=O) groups is 1. The molecule has 27 heavy (non-hydrogen) atoms. The van der Waals surface area contributed by atoms with Crippen molar-refractivity contribution in [3.8, 4) is 5.75 Å². The summed E-state index contributed by atoms with van der Waals surface area (Å²) >= 11 is 0. The molecule has 2 aromatic carbocycles. The Balaban J connectivity index is 1.50. The molecule has 0 spiro atoms. The van der Waals surface area contributed by atoms with Crippen molar-refractivity contribution in [1.29, 1.82) is 0 Å². The predicted octanol–water partition coefficient (Wildman–Crippen LogP) is 4.43. The van der Waals surface area contributed by atoms with E-state index in [0.29, 0.717) is 12.2 Å². The maximum absolute atomic E-state index is 12.5. The van der Waals surface area contributed by atoms with Crippen molar-refractivity contribution in [3.63, 3.8) is 0 Å². The first kappa shape index (κ1) is 16.7. The fourth-order valence-electron chi connectivity index (χ4n) is 2.75. The molecule has 2 heterocycles. The summed E-state index contributed by atoms with van der Waals surface area (Å²) in [6.45, 7) is 0.420. The lowest BCUT2D eigenvalue weighted by molar-refractivity contribution is 0.104. The molecule has 0 saturated heterocycles. The Morgan fingerprint density at radius 2 is 2.00 bits per heavy atom. The lowest BCUT2D eigenvalue weighted by atomic mass is 10.1. The molecule has 4 aromatic rings. The van der Waals surface area contributed by atoms with Gasteiger partial charge in [-0.2, -0.15) is 5.10 Å². The van der Waals surface area contributed by atoms with Gasteiger partial charge in [-0.15, -0.1) is 0 Å². The van der Waals surface area contributed by atoms with Crippen LogP contribution >= 0.6 is 0 Å². The summed E-state index contributed by atoms with van der Waals surface area (Å²) in [6, 6.07) is 16.9. The first-order chi connectivity index (χ1) is 13.3. The van der Waals surface area contributed by atoms with Gasteiger partial charge in [0.05, 0.1) is 11.7 Å². The van der Waals surface area contributed by atoms with Crippen molar-refractivity contribution >= 4 is 22.8 Å². The third-order valence-electron chi connectivity index (χ3n) is 4.18. The highest BCUT2D eigenvalue weighted by atomic mass is 16.5. The monoisotopic (exact) mass is 355 g/mol. The van der Waals surface area contributed by atoms with E-state index in [1.807, 2.05) is 48.5 Å². The van der Waals surface area contributed by atoms with E-state index in [1.54, 1.807) is 36.8 Å². The van der Waals surface area contributed by atoms with Gasteiger partial charge in [0.1, 0.15) is 12.4 Å². The van der Waals surface area contributed by atoms with E-state index in [0.717, 1.165) is 27.8 Å². The molecule has 132 valence electrons. The van der Waals surface area contributed by atoms with Gasteiger partial charge in [-0.3, -0.25) is 14.9 Å². The number of pyridine rings is 1. The summed E-state index contributed by atoms with van der Waals surface area (Å²) in [6.07, 6.45) is 8.55. The number of ether oxygens (including phenoxy) is 1. The average Bonchev–Trinajstić information content (AvgIpc) is 3.19. The fourth-order valence-corrected chi connectivity index (χ4v) is 2.75. The second-order valence-corrected chi connectivity index (χ2v) is 6.06. The van der Waals surface area contributed by atoms with Crippen LogP contribution < -0.4 is 4.74 Å². The van der Waals surface area contributed by atoms with Gasteiger partial charge in [0, 0.05) is 34.5 Å². The zero-order valence-corrected chi connectivity index (χ0v) is 14.5. The lowest BCUT2D eigenvalue weighted by Gasteiger charge is -2.09. The Kier molecular flexibility index (Phi) is 4.74. The quantitative estimate of drug-likeness (QED) is 0.410. The molecule has 0 unspecified atom stereocenters. The highest BCUT2D eigenvalue weighted by molar-refractivity contribution is 6.08. The van der Waals surface area contributed by atoms with Crippen LogP contribution in [-0.2, 0) is 6.61 Å². The van der Waals surface area contributed by atoms with Crippen molar-refractivity contribution in [2.75, 3.05) is 0 Å². The zero-order valence-electron chi connectivity index (χ0n) is 14.5. The first-order valence-electron chi connectivity index (χ1n) is 8.56. The minimum atomic E-state index is -0.0693. The van der Waals surface area contributed by atoms with Crippen molar-refractivity contribution in [1.82, 2.24) is 15.2 Å². The number of nitrogens with zero attached hydrogens (tertiary/aromatic N) is 2. The number of hydrogen-bond acceptors (Lipinski definition) is 4. The average molecular weight is 355 g/mol. The molecule has 0 saturated carbocycles. The zero-order chi connectivity index (χ0) is 18.5. The van der Waals surface area contributed by atoms with Gasteiger partial charge in [0.2, 0.25) is 0 Å². The van der Waals surface area contributed by atoms with E-state index < -0.39 is 0 Å². The largest absolute Gasteiger partial charge is 0.488 e. The maximum atomic E-state index is 12.5. The summed E-state index contributed by atoms with van der Waals surface area (Å²) in [5.74, 6) is 0.649. The second-order valence-electron chi connectivity index (χ2n) is 6.06. The number of benzene rings is 2. The molecule has 5 heteroatoms. The minimum absolute atomic E-state index is 0.0693. The van der Waals surface area contributed by atoms with E-state index in [1.165, 1.54) is 0 Å². The number of fused-ring (bicyclic) bond motifs is 1. The Hall–Kier alpha value is -3.73. The van der Waals surface area contributed by atoms with E-state index in [4.69, 9.17) is 4.74 Å². The van der Waals surface area contributed by atoms with E-state index in [9.17, 15) is 4.79 Å². The number of rotatable bonds is 6. The van der Waals surface area contributed by atoms with Gasteiger partial charge in [0.15, 0.2) is 5.78 Å². The molecule has 5 nitrogen and oxygen atoms in total. The highest BCUT2D eigenvalue weighted by Crippen LogP contribution is 2.21. The van der Waals surface area contributed by atoms with Crippen molar-refractivity contribution in [3.05, 3.63) is 96.0 Å². The topological polar surface area (TPSA) is 67.9 Å². The molecule has 0 fully saturated rings. The van der Waals surface area contributed by atoms with Crippen LogP contribution in [0.3, 0.4) is 0 Å². The number of hydrogen-bond donors (Lipinski definition) is 1. The lowest BCUT2D eigenvalue weighted by Crippen LogP contribution is -1.98. The number of aromatic nitrogens is 3. The molecule has 0 bridgehead atoms. The van der Waals surface area contributed by atoms with Crippen molar-refractivity contribution in [2.45, 2.75) is 6.61 Å². The molecule has 0 aliphatic rings. The number of nitrogens with one attached hydrogen (secondary N) is 1. The predicted molar refractivity (Wildman–Crippen MR) is 104 cm³/mol. The number of carbonyl (C=O) groups excluding carboxylic acids is 1. The van der Waals surface area contributed by atoms with Crippen LogP contribution in [0.5, 0.6) is 5.75 Å². The first-order valence-corrected chi connectivity index (χ1v) is 8.56. The number of aromatic amines is 1. The Morgan fingerprint density at radius 1 is 1.07 bits per heavy atom. The van der Waals surface area contributed by atoms with Crippen LogP contribution in [0, 0.1) is 0 Å². The molecule has 4 rings (SSSR count). The van der Waals surface area contributed by atoms with Gasteiger partial charge < -0.3 is 4.74 Å². The Labute approximate surface area is 156 Å². The molecule has 1 N–H and O–H groups in total. The summed E-state index contributed by atoms with van der Waals surface area (Å²) < 4.78 is 5.89. The highest BCUT2D eigenvalue weighted by Gasteiger charge is 2.06. The molecular weight excluding hydrogens is 338 g/mol. The molecule has 2 aromatic heterocycles. The molecular formula is C22H17N3O2. The molecule has 0 amide bonds. The van der Waals surface area contributed by atoms with E-state index >= 15 is 0 Å². The van der Waals surface area contributed by atoms with Crippen LogP contribution in [-0.4, -0.2) is 21.0 Å². The minimum Gasteiger partial charge on any atom is -0.488 e. The van der Waals surface area contributed by atoms with Gasteiger partial charge in [-0.25, -0.2) is 0 Å². The standard InChI is InChI=1S/C22H17N3O2/c26-21(18-7-9-20-19(12-18)14-24-25-20)10-8-17-5-1-2-6-22(17)27-15-16-4-3-11-23-13-16/h1-14H,15H2,(H,24,25). The van der Waals surface area contributed by atoms with Gasteiger partial charge >= 0.3 is 0 Å². The summed E-state index contributed by atoms with van der Waals surface area (Å²) in [5.41, 5.74) is 3.36. The van der Waals surface area contributed by atoms with E-state index in [-0.39, 0.29) is 5.78 Å². The third-order valence-corrected chi connectivity index (χ3v) is 4.18. The van der Waals surface area contributed by atoms with Crippen LogP contribution in [0.15, 0.2) is 79.3 Å². The number of H-pyrrole nitrogens is 1. The van der Waals surface area contributed by atoms with E-state index in [2.05, 4.69) is 15.2 Å². The van der Waals surface area contributed by atoms with Gasteiger partial charge in [-0.1, -0.05) is 24.3 Å². The summed E-state index contributed by atoms with van der Waals surface area (Å²) in [5, 5.41) is 7.77. The van der Waals surface area contributed by atoms with Crippen LogP contribution in [0.1, 0.15) is 21.5 Å². The smallest absolute Gasteiger partial charge is 0.185 e. The van der Waals surface area contributed by atoms with Crippen LogP contribution in [0.25, 0.3) is 17.0 Å². The fraction of sp³-hybridized carbons (Fsp3) is 0.0455. The van der Waals surface area contributed by atoms with Crippen molar-refractivity contribution < 1.29 is 9.53 Å². The molecule has 0 aliphatic carbocycles. The van der Waals surface area contributed by atoms with Crippen LogP contribution in [0.4, 0.5) is 0 Å². The van der Waals surface area contributed by atoms with Gasteiger partial charge in [-0.05, 0) is 42.5 Å². The summed E-state index contributed by atoms with van der Waals surface area (Å²) in [7, 11) is 0. The molecule has 0 atom stereocenters. The number of ketones is 1. The number of para-hydroxylation sites is 1. The normalized spacial score (nSPS) is 11.1. The Morgan fingerprint density at radius 3 is 2.89 bits per heavy atom. The maximum Gasteiger partial charge on any atom is 0.185 e. The third kappa shape index (κ3) is 3.93.